The van der Waals surface area contributed by atoms with Crippen LogP contribution in [0.2, 0.25) is 0 Å². The van der Waals surface area contributed by atoms with Gasteiger partial charge in [-0.2, -0.15) is 29.8 Å². The van der Waals surface area contributed by atoms with Crippen molar-refractivity contribution in [3.8, 4) is 0 Å². The fraction of sp³-hybridized carbons (Fsp3) is 0.450. The summed E-state index contributed by atoms with van der Waals surface area (Å²) in [4.78, 5) is 12.6. The van der Waals surface area contributed by atoms with Crippen molar-refractivity contribution in [2.24, 2.45) is 0 Å². The number of nitrogens with zero attached hydrogens (tertiary/aromatic N) is 2. The quantitative estimate of drug-likeness (QED) is 0.0727. The summed E-state index contributed by atoms with van der Waals surface area (Å²) in [6.07, 6.45) is 12.6. The van der Waals surface area contributed by atoms with E-state index in [9.17, 15) is 43.7 Å². The molecule has 0 fully saturated rings. The van der Waals surface area contributed by atoms with E-state index in [1.807, 2.05) is 56.9 Å². The molecule has 1 aliphatic carbocycles. The van der Waals surface area contributed by atoms with Gasteiger partial charge in [-0.25, -0.2) is 0 Å². The maximum Gasteiger partial charge on any atom is 0.303 e. The molecule has 0 saturated heterocycles. The molecule has 13 nitrogen and oxygen atoms in total. The fourth-order valence-electron chi connectivity index (χ4n) is 7.96. The van der Waals surface area contributed by atoms with Gasteiger partial charge in [0, 0.05) is 58.9 Å². The zero-order valence-electron chi connectivity index (χ0n) is 32.4. The molecule has 57 heavy (non-hydrogen) atoms. The molecule has 0 bridgehead atoms. The first-order valence-electron chi connectivity index (χ1n) is 18.7. The lowest BCUT2D eigenvalue weighted by Crippen LogP contribution is -2.28. The Morgan fingerprint density at radius 3 is 2.09 bits per heavy atom. The molecule has 0 unspecified atom stereocenters. The van der Waals surface area contributed by atoms with Crippen LogP contribution >= 0.6 is 11.6 Å². The Bertz CT molecular complexity index is 2450. The summed E-state index contributed by atoms with van der Waals surface area (Å²) in [5, 5.41) is 9.65. The normalized spacial score (nSPS) is 19.6. The molecule has 310 valence electrons. The zero-order chi connectivity index (χ0) is 42.1. The van der Waals surface area contributed by atoms with Crippen molar-refractivity contribution >= 4 is 65.0 Å². The van der Waals surface area contributed by atoms with Crippen LogP contribution in [0.25, 0.3) is 0 Å². The third-order valence-electron chi connectivity index (χ3n) is 11.0. The fourth-order valence-corrected chi connectivity index (χ4v) is 9.85. The maximum absolute atomic E-state index is 12.1. The number of anilines is 1. The second-order valence-electron chi connectivity index (χ2n) is 15.7. The highest BCUT2D eigenvalue weighted by Crippen LogP contribution is 2.49. The highest BCUT2D eigenvalue weighted by molar-refractivity contribution is 7.86. The van der Waals surface area contributed by atoms with E-state index < -0.39 is 52.9 Å². The number of carboxylic acid groups (broad SMARTS) is 1. The first kappa shape index (κ1) is 44.5. The first-order valence-corrected chi connectivity index (χ1v) is 23.6. The van der Waals surface area contributed by atoms with Gasteiger partial charge in [-0.15, -0.1) is 0 Å². The molecule has 2 aromatic carbocycles. The van der Waals surface area contributed by atoms with E-state index in [-0.39, 0.29) is 22.6 Å². The summed E-state index contributed by atoms with van der Waals surface area (Å²) in [6, 6.07) is 8.95. The van der Waals surface area contributed by atoms with Gasteiger partial charge in [0.15, 0.2) is 5.71 Å². The molecule has 5 rings (SSSR count). The lowest BCUT2D eigenvalue weighted by Gasteiger charge is -2.27. The van der Waals surface area contributed by atoms with Crippen LogP contribution in [0.5, 0.6) is 0 Å². The molecule has 2 aromatic rings. The van der Waals surface area contributed by atoms with Crippen molar-refractivity contribution < 1.29 is 53.4 Å². The number of carboxylic acids is 1. The number of rotatable bonds is 16. The number of aliphatic carboxylic acids is 1. The largest absolute Gasteiger partial charge is 0.481 e. The molecule has 3 aliphatic rings. The Kier molecular flexibility index (Phi) is 13.2. The summed E-state index contributed by atoms with van der Waals surface area (Å²) >= 11 is 7.12. The van der Waals surface area contributed by atoms with E-state index in [1.165, 1.54) is 24.3 Å². The number of fused-ring (bicyclic) bond motifs is 2. The molecule has 4 N–H and O–H groups in total. The Morgan fingerprint density at radius 1 is 0.807 bits per heavy atom. The van der Waals surface area contributed by atoms with E-state index in [4.69, 9.17) is 16.7 Å². The van der Waals surface area contributed by atoms with Crippen LogP contribution in [0.3, 0.4) is 0 Å². The second kappa shape index (κ2) is 16.9. The molecule has 0 saturated carbocycles. The van der Waals surface area contributed by atoms with Gasteiger partial charge in [0.05, 0.1) is 21.0 Å². The van der Waals surface area contributed by atoms with Gasteiger partial charge in [0.2, 0.25) is 5.69 Å². The zero-order valence-corrected chi connectivity index (χ0v) is 35.6. The number of benzene rings is 2. The minimum atomic E-state index is -4.48. The number of hydrogen-bond acceptors (Lipinski definition) is 8. The highest BCUT2D eigenvalue weighted by Gasteiger charge is 2.45. The summed E-state index contributed by atoms with van der Waals surface area (Å²) in [5.74, 6) is -1.24. The standard InChI is InChI=1S/C40H49ClN2O11S3/c1-39(2)31-25-29(56(49,50)51)16-18-33(31)42(22-7-5-6-13-37(44)45)35(39)20-14-27-11-10-12-28(38(27)41)15-21-36-40(3,4)32-26-30(57(52,53)54)17-19-34(32)43(36)23-8-9-24-55(46,47)48/h14-21,25-26H,5-13,22-24H2,1-4H3,(H3-,44,45,46,47,48,49,50,51,52,53,54)/p+1. The maximum atomic E-state index is 12.1. The van der Waals surface area contributed by atoms with Gasteiger partial charge < -0.3 is 10.0 Å². The lowest BCUT2D eigenvalue weighted by atomic mass is 9.81. The Hall–Kier alpha value is -3.64. The molecular formula is C40H50ClN2O11S3+. The van der Waals surface area contributed by atoms with Crippen molar-refractivity contribution in [2.45, 2.75) is 106 Å². The van der Waals surface area contributed by atoms with Gasteiger partial charge in [-0.05, 0) is 112 Å². The molecular weight excluding hydrogens is 816 g/mol. The minimum Gasteiger partial charge on any atom is -0.481 e. The topological polar surface area (TPSA) is 207 Å². The summed E-state index contributed by atoms with van der Waals surface area (Å²) in [7, 11) is -13.1. The van der Waals surface area contributed by atoms with Crippen LogP contribution in [0.1, 0.15) is 96.6 Å². The van der Waals surface area contributed by atoms with Crippen molar-refractivity contribution in [2.75, 3.05) is 23.7 Å². The van der Waals surface area contributed by atoms with Gasteiger partial charge in [0.25, 0.3) is 30.4 Å². The van der Waals surface area contributed by atoms with Crippen molar-refractivity contribution in [1.29, 1.82) is 0 Å². The molecule has 17 heteroatoms. The lowest BCUT2D eigenvalue weighted by molar-refractivity contribution is -0.438. The molecule has 0 atom stereocenters. The Morgan fingerprint density at radius 2 is 1.46 bits per heavy atom. The van der Waals surface area contributed by atoms with Crippen LogP contribution in [0.4, 0.5) is 11.4 Å². The van der Waals surface area contributed by atoms with E-state index >= 15 is 0 Å². The van der Waals surface area contributed by atoms with Gasteiger partial charge in [-0.3, -0.25) is 18.5 Å². The van der Waals surface area contributed by atoms with Crippen LogP contribution in [0.15, 0.2) is 92.4 Å². The van der Waals surface area contributed by atoms with Crippen LogP contribution in [0, 0.1) is 0 Å². The predicted octanol–water partition coefficient (Wildman–Crippen LogP) is 7.71. The SMILES string of the molecule is CC1(C)C(/C=C/C2=C(Cl)C(=C\C=C3\N(CCCCS(=O)(=O)O)c4ccc(S(=O)(=O)O)cc4C3(C)C)/CCC2)=[N+](CCCCCC(=O)O)c2ccc(S(=O)(=O)O)cc21. The van der Waals surface area contributed by atoms with E-state index in [1.54, 1.807) is 12.1 Å². The summed E-state index contributed by atoms with van der Waals surface area (Å²) < 4.78 is 102. The molecule has 0 amide bonds. The van der Waals surface area contributed by atoms with Gasteiger partial charge >= 0.3 is 5.97 Å². The van der Waals surface area contributed by atoms with Crippen LogP contribution < -0.4 is 4.90 Å². The number of halogens is 1. The van der Waals surface area contributed by atoms with Crippen molar-refractivity contribution in [1.82, 2.24) is 0 Å². The van der Waals surface area contributed by atoms with E-state index in [0.717, 1.165) is 40.2 Å². The van der Waals surface area contributed by atoms with Gasteiger partial charge in [0.1, 0.15) is 6.54 Å². The summed E-state index contributed by atoms with van der Waals surface area (Å²) in [6.45, 7) is 8.76. The summed E-state index contributed by atoms with van der Waals surface area (Å²) in [5.41, 5.74) is 4.97. The van der Waals surface area contributed by atoms with E-state index in [0.29, 0.717) is 67.9 Å². The number of hydrogen-bond donors (Lipinski definition) is 4. The average molecular weight is 866 g/mol. The molecule has 0 radical (unpaired) electrons. The van der Waals surface area contributed by atoms with E-state index in [2.05, 4.69) is 4.58 Å². The second-order valence-corrected chi connectivity index (χ2v) is 20.5. The van der Waals surface area contributed by atoms with Crippen molar-refractivity contribution in [3.63, 3.8) is 0 Å². The molecule has 2 heterocycles. The average Bonchev–Trinajstić information content (AvgIpc) is 3.45. The number of unbranched alkanes of at least 4 members (excludes halogenated alkanes) is 3. The van der Waals surface area contributed by atoms with Crippen LogP contribution in [-0.4, -0.2) is 79.1 Å². The van der Waals surface area contributed by atoms with Gasteiger partial charge in [-0.1, -0.05) is 37.6 Å². The predicted molar refractivity (Wildman–Crippen MR) is 219 cm³/mol. The Balaban J connectivity index is 1.50. The highest BCUT2D eigenvalue weighted by atomic mass is 35.5. The smallest absolute Gasteiger partial charge is 0.303 e. The Labute approximate surface area is 340 Å². The number of carbonyl (C=O) groups is 1. The van der Waals surface area contributed by atoms with Crippen molar-refractivity contribution in [3.05, 3.63) is 93.7 Å². The monoisotopic (exact) mass is 865 g/mol. The van der Waals surface area contributed by atoms with Crippen LogP contribution in [-0.2, 0) is 46.0 Å². The first-order chi connectivity index (χ1) is 26.4. The third-order valence-corrected chi connectivity index (χ3v) is 14.0. The number of allylic oxidation sites excluding steroid dienone is 8. The third kappa shape index (κ3) is 10.2. The molecule has 0 spiro atoms. The minimum absolute atomic E-state index is 0.0734. The molecule has 2 aliphatic heterocycles. The molecule has 0 aromatic heterocycles.